The van der Waals surface area contributed by atoms with E-state index in [1.165, 1.54) is 11.3 Å². The number of aromatic nitrogens is 1. The number of nitrogens with zero attached hydrogens (tertiary/aromatic N) is 2. The number of rotatable bonds is 6. The van der Waals surface area contributed by atoms with E-state index in [0.717, 1.165) is 17.8 Å². The molecular formula is C12H17N3O3S. The second-order valence-corrected chi connectivity index (χ2v) is 5.54. The second-order valence-electron chi connectivity index (χ2n) is 4.61. The smallest absolute Gasteiger partial charge is 0.318 e. The Morgan fingerprint density at radius 3 is 2.89 bits per heavy atom. The number of carboxylic acids is 1. The molecule has 2 N–H and O–H groups in total. The number of aliphatic carboxylic acids is 1. The zero-order valence-corrected chi connectivity index (χ0v) is 11.5. The van der Waals surface area contributed by atoms with Gasteiger partial charge in [0.25, 0.3) is 0 Å². The average Bonchev–Trinajstić information content (AvgIpc) is 3.03. The third kappa shape index (κ3) is 3.92. The van der Waals surface area contributed by atoms with Crippen LogP contribution >= 0.6 is 11.3 Å². The number of urea groups is 1. The van der Waals surface area contributed by atoms with Gasteiger partial charge in [-0.25, -0.2) is 9.78 Å². The molecule has 0 aliphatic heterocycles. The summed E-state index contributed by atoms with van der Waals surface area (Å²) in [6, 6.07) is -0.159. The molecule has 1 saturated carbocycles. The van der Waals surface area contributed by atoms with Gasteiger partial charge in [-0.1, -0.05) is 0 Å². The minimum absolute atomic E-state index is 0.0183. The van der Waals surface area contributed by atoms with E-state index >= 15 is 0 Å². The van der Waals surface area contributed by atoms with E-state index in [-0.39, 0.29) is 31.1 Å². The van der Waals surface area contributed by atoms with Crippen molar-refractivity contribution < 1.29 is 14.7 Å². The molecule has 1 unspecified atom stereocenters. The normalized spacial score (nSPS) is 15.8. The largest absolute Gasteiger partial charge is 0.481 e. The van der Waals surface area contributed by atoms with E-state index in [0.29, 0.717) is 0 Å². The van der Waals surface area contributed by atoms with Gasteiger partial charge in [0.05, 0.1) is 12.5 Å². The van der Waals surface area contributed by atoms with Crippen LogP contribution in [0.15, 0.2) is 11.6 Å². The molecule has 1 aromatic rings. The Bertz CT molecular complexity index is 445. The topological polar surface area (TPSA) is 82.5 Å². The van der Waals surface area contributed by atoms with Crippen LogP contribution in [0.3, 0.4) is 0 Å². The van der Waals surface area contributed by atoms with E-state index in [4.69, 9.17) is 5.11 Å². The first-order valence-electron chi connectivity index (χ1n) is 6.26. The molecule has 1 atom stereocenters. The molecular weight excluding hydrogens is 266 g/mol. The van der Waals surface area contributed by atoms with Crippen molar-refractivity contribution in [3.63, 3.8) is 0 Å². The standard InChI is InChI=1S/C12H17N3O3S/c1-8(11-13-5-7-19-11)14-12(18)15(9-2-3-9)6-4-10(16)17/h5,7-9H,2-4,6H2,1H3,(H,14,18)(H,16,17). The third-order valence-electron chi connectivity index (χ3n) is 2.98. The summed E-state index contributed by atoms with van der Waals surface area (Å²) in [6.07, 6.45) is 3.60. The highest BCUT2D eigenvalue weighted by molar-refractivity contribution is 7.09. The molecule has 6 nitrogen and oxygen atoms in total. The van der Waals surface area contributed by atoms with Crippen molar-refractivity contribution >= 4 is 23.3 Å². The first-order chi connectivity index (χ1) is 9.08. The fourth-order valence-electron chi connectivity index (χ4n) is 1.83. The third-order valence-corrected chi connectivity index (χ3v) is 3.94. The summed E-state index contributed by atoms with van der Waals surface area (Å²) in [5, 5.41) is 14.3. The Hall–Kier alpha value is -1.63. The number of hydrogen-bond acceptors (Lipinski definition) is 4. The monoisotopic (exact) mass is 283 g/mol. The van der Waals surface area contributed by atoms with E-state index < -0.39 is 5.97 Å². The van der Waals surface area contributed by atoms with Crippen LogP contribution in [0.4, 0.5) is 4.79 Å². The predicted molar refractivity (Wildman–Crippen MR) is 71.0 cm³/mol. The number of nitrogens with one attached hydrogen (secondary N) is 1. The lowest BCUT2D eigenvalue weighted by atomic mass is 10.3. The highest BCUT2D eigenvalue weighted by Gasteiger charge is 2.33. The number of amides is 2. The van der Waals surface area contributed by atoms with E-state index in [1.54, 1.807) is 11.1 Å². The summed E-state index contributed by atoms with van der Waals surface area (Å²) in [5.41, 5.74) is 0. The van der Waals surface area contributed by atoms with Crippen molar-refractivity contribution in [1.82, 2.24) is 15.2 Å². The molecule has 1 heterocycles. The van der Waals surface area contributed by atoms with E-state index in [1.807, 2.05) is 12.3 Å². The van der Waals surface area contributed by atoms with Crippen molar-refractivity contribution in [2.75, 3.05) is 6.54 Å². The van der Waals surface area contributed by atoms with Gasteiger partial charge in [-0.3, -0.25) is 4.79 Å². The maximum atomic E-state index is 12.1. The van der Waals surface area contributed by atoms with Crippen LogP contribution in [-0.4, -0.2) is 39.6 Å². The summed E-state index contributed by atoms with van der Waals surface area (Å²) in [4.78, 5) is 28.5. The average molecular weight is 283 g/mol. The molecule has 0 spiro atoms. The van der Waals surface area contributed by atoms with Gasteiger partial charge in [-0.2, -0.15) is 0 Å². The number of thiazole rings is 1. The summed E-state index contributed by atoms with van der Waals surface area (Å²) in [5.74, 6) is -0.883. The minimum atomic E-state index is -0.883. The molecule has 0 bridgehead atoms. The van der Waals surface area contributed by atoms with Crippen molar-refractivity contribution in [2.24, 2.45) is 0 Å². The summed E-state index contributed by atoms with van der Waals surface area (Å²) in [7, 11) is 0. The SMILES string of the molecule is CC(NC(=O)N(CCC(=O)O)C1CC1)c1nccs1. The van der Waals surface area contributed by atoms with Gasteiger partial charge in [0.15, 0.2) is 0 Å². The Morgan fingerprint density at radius 1 is 1.63 bits per heavy atom. The van der Waals surface area contributed by atoms with Crippen LogP contribution in [0, 0.1) is 0 Å². The Balaban J connectivity index is 1.90. The summed E-state index contributed by atoms with van der Waals surface area (Å²) in [6.45, 7) is 2.13. The van der Waals surface area contributed by atoms with Crippen molar-refractivity contribution in [3.8, 4) is 0 Å². The molecule has 0 aromatic carbocycles. The zero-order valence-electron chi connectivity index (χ0n) is 10.7. The molecule has 0 radical (unpaired) electrons. The Morgan fingerprint density at radius 2 is 2.37 bits per heavy atom. The van der Waals surface area contributed by atoms with Crippen molar-refractivity contribution in [2.45, 2.75) is 38.3 Å². The van der Waals surface area contributed by atoms with Gasteiger partial charge in [0.2, 0.25) is 0 Å². The van der Waals surface area contributed by atoms with Gasteiger partial charge >= 0.3 is 12.0 Å². The molecule has 1 fully saturated rings. The lowest BCUT2D eigenvalue weighted by Crippen LogP contribution is -2.43. The fourth-order valence-corrected chi connectivity index (χ4v) is 2.48. The molecule has 19 heavy (non-hydrogen) atoms. The van der Waals surface area contributed by atoms with Crippen LogP contribution in [0.5, 0.6) is 0 Å². The Kier molecular flexibility index (Phi) is 4.36. The summed E-state index contributed by atoms with van der Waals surface area (Å²) >= 11 is 1.49. The molecule has 1 aliphatic rings. The lowest BCUT2D eigenvalue weighted by Gasteiger charge is -2.24. The Labute approximate surface area is 115 Å². The van der Waals surface area contributed by atoms with Crippen molar-refractivity contribution in [1.29, 1.82) is 0 Å². The van der Waals surface area contributed by atoms with Crippen LogP contribution in [0.2, 0.25) is 0 Å². The van der Waals surface area contributed by atoms with Gasteiger partial charge in [-0.15, -0.1) is 11.3 Å². The van der Waals surface area contributed by atoms with Crippen molar-refractivity contribution in [3.05, 3.63) is 16.6 Å². The first-order valence-corrected chi connectivity index (χ1v) is 7.14. The van der Waals surface area contributed by atoms with Crippen LogP contribution in [0.1, 0.15) is 37.2 Å². The maximum Gasteiger partial charge on any atom is 0.318 e. The molecule has 2 rings (SSSR count). The molecule has 1 aliphatic carbocycles. The molecule has 7 heteroatoms. The van der Waals surface area contributed by atoms with Gasteiger partial charge < -0.3 is 15.3 Å². The second kappa shape index (κ2) is 6.01. The number of carbonyl (C=O) groups excluding carboxylic acids is 1. The van der Waals surface area contributed by atoms with Gasteiger partial charge in [0, 0.05) is 24.2 Å². The molecule has 1 aromatic heterocycles. The summed E-state index contributed by atoms with van der Waals surface area (Å²) < 4.78 is 0. The van der Waals surface area contributed by atoms with Crippen LogP contribution < -0.4 is 5.32 Å². The zero-order chi connectivity index (χ0) is 13.8. The number of carboxylic acid groups (broad SMARTS) is 1. The predicted octanol–water partition coefficient (Wildman–Crippen LogP) is 1.85. The highest BCUT2D eigenvalue weighted by atomic mass is 32.1. The number of hydrogen-bond donors (Lipinski definition) is 2. The van der Waals surface area contributed by atoms with E-state index in [2.05, 4.69) is 10.3 Å². The molecule has 0 saturated heterocycles. The van der Waals surface area contributed by atoms with Crippen LogP contribution in [-0.2, 0) is 4.79 Å². The first kappa shape index (κ1) is 13.8. The molecule has 104 valence electrons. The van der Waals surface area contributed by atoms with Crippen LogP contribution in [0.25, 0.3) is 0 Å². The maximum absolute atomic E-state index is 12.1. The van der Waals surface area contributed by atoms with Gasteiger partial charge in [-0.05, 0) is 19.8 Å². The number of carbonyl (C=O) groups is 2. The van der Waals surface area contributed by atoms with E-state index in [9.17, 15) is 9.59 Å². The molecule has 2 amide bonds. The van der Waals surface area contributed by atoms with Gasteiger partial charge in [0.1, 0.15) is 5.01 Å². The lowest BCUT2D eigenvalue weighted by molar-refractivity contribution is -0.137. The quantitative estimate of drug-likeness (QED) is 0.834. The minimum Gasteiger partial charge on any atom is -0.481 e. The fraction of sp³-hybridized carbons (Fsp3) is 0.583. The highest BCUT2D eigenvalue weighted by Crippen LogP contribution is 2.27.